The third kappa shape index (κ3) is 2.33. The van der Waals surface area contributed by atoms with Crippen molar-refractivity contribution in [2.24, 2.45) is 0 Å². The first-order valence-corrected chi connectivity index (χ1v) is 5.98. The largest absolute Gasteiger partial charge is 0.439 e. The molecule has 1 heterocycles. The van der Waals surface area contributed by atoms with Crippen molar-refractivity contribution in [3.8, 4) is 11.6 Å². The van der Waals surface area contributed by atoms with Crippen LogP contribution >= 0.6 is 0 Å². The van der Waals surface area contributed by atoms with Crippen LogP contribution in [0.2, 0.25) is 0 Å². The van der Waals surface area contributed by atoms with Crippen LogP contribution in [0.1, 0.15) is 5.56 Å². The summed E-state index contributed by atoms with van der Waals surface area (Å²) in [7, 11) is 0. The molecule has 4 nitrogen and oxygen atoms in total. The lowest BCUT2D eigenvalue weighted by atomic mass is 10.1. The van der Waals surface area contributed by atoms with Crippen LogP contribution in [0.5, 0.6) is 11.6 Å². The van der Waals surface area contributed by atoms with Gasteiger partial charge in [-0.3, -0.25) is 0 Å². The monoisotopic (exact) mass is 251 g/mol. The van der Waals surface area contributed by atoms with E-state index in [1.807, 2.05) is 43.3 Å². The topological polar surface area (TPSA) is 61.0 Å². The highest BCUT2D eigenvalue weighted by atomic mass is 16.5. The van der Waals surface area contributed by atoms with Crippen LogP contribution in [-0.2, 0) is 0 Å². The molecule has 0 spiro atoms. The molecule has 0 unspecified atom stereocenters. The number of benzene rings is 2. The Morgan fingerprint density at radius 1 is 1.05 bits per heavy atom. The zero-order chi connectivity index (χ0) is 13.2. The molecule has 0 amide bonds. The van der Waals surface area contributed by atoms with E-state index in [0.717, 1.165) is 16.7 Å². The number of nitrogen functional groups attached to an aromatic ring is 1. The average Bonchev–Trinajstić information content (AvgIpc) is 2.43. The molecular formula is C15H13N3O. The first kappa shape index (κ1) is 11.5. The van der Waals surface area contributed by atoms with Crippen molar-refractivity contribution < 1.29 is 4.74 Å². The van der Waals surface area contributed by atoms with E-state index in [0.29, 0.717) is 5.88 Å². The molecule has 0 saturated heterocycles. The molecule has 0 aliphatic carbocycles. The van der Waals surface area contributed by atoms with E-state index in [9.17, 15) is 0 Å². The van der Waals surface area contributed by atoms with Crippen LogP contribution in [0.25, 0.3) is 10.8 Å². The van der Waals surface area contributed by atoms with Crippen molar-refractivity contribution in [1.82, 2.24) is 9.97 Å². The molecule has 3 rings (SSSR count). The smallest absolute Gasteiger partial charge is 0.226 e. The Labute approximate surface area is 110 Å². The maximum Gasteiger partial charge on any atom is 0.226 e. The van der Waals surface area contributed by atoms with Gasteiger partial charge >= 0.3 is 0 Å². The molecule has 19 heavy (non-hydrogen) atoms. The van der Waals surface area contributed by atoms with Crippen molar-refractivity contribution >= 4 is 16.7 Å². The van der Waals surface area contributed by atoms with E-state index in [1.165, 1.54) is 5.39 Å². The third-order valence-corrected chi connectivity index (χ3v) is 2.88. The lowest BCUT2D eigenvalue weighted by Gasteiger charge is -2.08. The molecule has 0 saturated carbocycles. The number of rotatable bonds is 2. The Hall–Kier alpha value is -2.62. The zero-order valence-electron chi connectivity index (χ0n) is 10.5. The summed E-state index contributed by atoms with van der Waals surface area (Å²) < 4.78 is 5.77. The maximum absolute atomic E-state index is 5.77. The molecule has 0 bridgehead atoms. The molecule has 4 heteroatoms. The fourth-order valence-electron chi connectivity index (χ4n) is 1.89. The van der Waals surface area contributed by atoms with E-state index in [4.69, 9.17) is 10.5 Å². The highest BCUT2D eigenvalue weighted by Gasteiger charge is 2.05. The fraction of sp³-hybridized carbons (Fsp3) is 0.0667. The summed E-state index contributed by atoms with van der Waals surface area (Å²) in [5.74, 6) is 1.43. The first-order chi connectivity index (χ1) is 9.22. The maximum atomic E-state index is 5.77. The van der Waals surface area contributed by atoms with Gasteiger partial charge in [0.2, 0.25) is 11.8 Å². The molecule has 3 aromatic rings. The lowest BCUT2D eigenvalue weighted by molar-refractivity contribution is 0.459. The first-order valence-electron chi connectivity index (χ1n) is 5.98. The highest BCUT2D eigenvalue weighted by molar-refractivity contribution is 5.83. The number of nitrogens with zero attached hydrogens (tertiary/aromatic N) is 2. The Kier molecular flexibility index (Phi) is 2.76. The van der Waals surface area contributed by atoms with Gasteiger partial charge in [0, 0.05) is 11.8 Å². The van der Waals surface area contributed by atoms with Crippen LogP contribution < -0.4 is 10.5 Å². The van der Waals surface area contributed by atoms with E-state index >= 15 is 0 Å². The predicted molar refractivity (Wildman–Crippen MR) is 75.2 cm³/mol. The Morgan fingerprint density at radius 3 is 2.68 bits per heavy atom. The van der Waals surface area contributed by atoms with Crippen LogP contribution in [0.3, 0.4) is 0 Å². The Morgan fingerprint density at radius 2 is 1.84 bits per heavy atom. The minimum Gasteiger partial charge on any atom is -0.439 e. The molecule has 1 aromatic heterocycles. The molecule has 0 atom stereocenters. The van der Waals surface area contributed by atoms with E-state index in [1.54, 1.807) is 6.20 Å². The second kappa shape index (κ2) is 4.57. The van der Waals surface area contributed by atoms with E-state index in [-0.39, 0.29) is 5.95 Å². The predicted octanol–water partition coefficient (Wildman–Crippen LogP) is 3.31. The summed E-state index contributed by atoms with van der Waals surface area (Å²) in [4.78, 5) is 8.01. The highest BCUT2D eigenvalue weighted by Crippen LogP contribution is 2.26. The van der Waals surface area contributed by atoms with Crippen LogP contribution in [0, 0.1) is 6.92 Å². The quantitative estimate of drug-likeness (QED) is 0.759. The van der Waals surface area contributed by atoms with Crippen LogP contribution in [0.15, 0.2) is 48.7 Å². The SMILES string of the molecule is Cc1cnc(N)nc1Oc1ccc2ccccc2c1. The fourth-order valence-corrected chi connectivity index (χ4v) is 1.89. The van der Waals surface area contributed by atoms with Crippen LogP contribution in [-0.4, -0.2) is 9.97 Å². The molecule has 2 N–H and O–H groups in total. The van der Waals surface area contributed by atoms with Gasteiger partial charge in [0.05, 0.1) is 0 Å². The number of ether oxygens (including phenoxy) is 1. The average molecular weight is 251 g/mol. The number of anilines is 1. The normalized spacial score (nSPS) is 10.6. The number of hydrogen-bond donors (Lipinski definition) is 1. The summed E-state index contributed by atoms with van der Waals surface area (Å²) in [6, 6.07) is 14.0. The summed E-state index contributed by atoms with van der Waals surface area (Å²) in [5, 5.41) is 2.30. The second-order valence-corrected chi connectivity index (χ2v) is 4.33. The van der Waals surface area contributed by atoms with Crippen molar-refractivity contribution in [3.63, 3.8) is 0 Å². The van der Waals surface area contributed by atoms with Gasteiger partial charge in [-0.05, 0) is 29.8 Å². The molecular weight excluding hydrogens is 238 g/mol. The number of aromatic nitrogens is 2. The van der Waals surface area contributed by atoms with Gasteiger partial charge in [0.15, 0.2) is 0 Å². The van der Waals surface area contributed by atoms with E-state index < -0.39 is 0 Å². The Balaban J connectivity index is 1.98. The summed E-state index contributed by atoms with van der Waals surface area (Å²) in [6.45, 7) is 1.88. The van der Waals surface area contributed by atoms with Gasteiger partial charge in [-0.2, -0.15) is 4.98 Å². The Bertz CT molecular complexity index is 740. The van der Waals surface area contributed by atoms with Gasteiger partial charge in [-0.15, -0.1) is 0 Å². The number of fused-ring (bicyclic) bond motifs is 1. The van der Waals surface area contributed by atoms with Crippen molar-refractivity contribution in [1.29, 1.82) is 0 Å². The molecule has 2 aromatic carbocycles. The summed E-state index contributed by atoms with van der Waals surface area (Å²) in [6.07, 6.45) is 1.65. The number of nitrogens with two attached hydrogens (primary N) is 1. The van der Waals surface area contributed by atoms with Gasteiger partial charge in [-0.25, -0.2) is 4.98 Å². The van der Waals surface area contributed by atoms with Gasteiger partial charge in [0.1, 0.15) is 5.75 Å². The lowest BCUT2D eigenvalue weighted by Crippen LogP contribution is -1.98. The minimum atomic E-state index is 0.210. The van der Waals surface area contributed by atoms with E-state index in [2.05, 4.69) is 16.0 Å². The number of hydrogen-bond acceptors (Lipinski definition) is 4. The minimum absolute atomic E-state index is 0.210. The second-order valence-electron chi connectivity index (χ2n) is 4.33. The van der Waals surface area contributed by atoms with Crippen molar-refractivity contribution in [2.45, 2.75) is 6.92 Å². The molecule has 0 fully saturated rings. The molecule has 0 radical (unpaired) electrons. The number of aryl methyl sites for hydroxylation is 1. The summed E-state index contributed by atoms with van der Waals surface area (Å²) in [5.41, 5.74) is 6.42. The van der Waals surface area contributed by atoms with Crippen LogP contribution in [0.4, 0.5) is 5.95 Å². The standard InChI is InChI=1S/C15H13N3O/c1-10-9-17-15(16)18-14(10)19-13-7-6-11-4-2-3-5-12(11)8-13/h2-9H,1H3,(H2,16,17,18). The summed E-state index contributed by atoms with van der Waals surface area (Å²) >= 11 is 0. The molecule has 0 aliphatic rings. The van der Waals surface area contributed by atoms with Crippen molar-refractivity contribution in [2.75, 3.05) is 5.73 Å². The molecule has 0 aliphatic heterocycles. The van der Waals surface area contributed by atoms with Gasteiger partial charge < -0.3 is 10.5 Å². The van der Waals surface area contributed by atoms with Gasteiger partial charge in [0.25, 0.3) is 0 Å². The van der Waals surface area contributed by atoms with Gasteiger partial charge in [-0.1, -0.05) is 30.3 Å². The third-order valence-electron chi connectivity index (χ3n) is 2.88. The zero-order valence-corrected chi connectivity index (χ0v) is 10.5. The van der Waals surface area contributed by atoms with Crippen molar-refractivity contribution in [3.05, 3.63) is 54.2 Å². The molecule has 94 valence electrons.